The van der Waals surface area contributed by atoms with Crippen molar-refractivity contribution in [3.63, 3.8) is 0 Å². The molecule has 2 rings (SSSR count). The van der Waals surface area contributed by atoms with Crippen LogP contribution in [-0.2, 0) is 17.7 Å². The monoisotopic (exact) mass is 252 g/mol. The lowest BCUT2D eigenvalue weighted by Crippen LogP contribution is -2.39. The van der Waals surface area contributed by atoms with Crippen LogP contribution in [0.2, 0.25) is 0 Å². The van der Waals surface area contributed by atoms with Gasteiger partial charge in [0.25, 0.3) is 0 Å². The van der Waals surface area contributed by atoms with Gasteiger partial charge in [-0.15, -0.1) is 0 Å². The van der Waals surface area contributed by atoms with Gasteiger partial charge in [0, 0.05) is 31.3 Å². The molecule has 0 bridgehead atoms. The summed E-state index contributed by atoms with van der Waals surface area (Å²) in [4.78, 5) is 0. The second kappa shape index (κ2) is 6.31. The van der Waals surface area contributed by atoms with E-state index in [-0.39, 0.29) is 6.04 Å². The van der Waals surface area contributed by atoms with Crippen molar-refractivity contribution in [3.05, 3.63) is 17.5 Å². The first kappa shape index (κ1) is 13.5. The van der Waals surface area contributed by atoms with E-state index in [9.17, 15) is 0 Å². The third-order valence-corrected chi connectivity index (χ3v) is 3.55. The maximum atomic E-state index is 5.67. The summed E-state index contributed by atoms with van der Waals surface area (Å²) >= 11 is 0. The molecule has 3 N–H and O–H groups in total. The average Bonchev–Trinajstić information content (AvgIpc) is 2.98. The number of hydrazine groups is 1. The Morgan fingerprint density at radius 2 is 2.50 bits per heavy atom. The van der Waals surface area contributed by atoms with Crippen LogP contribution in [0.25, 0.3) is 0 Å². The summed E-state index contributed by atoms with van der Waals surface area (Å²) in [6, 6.07) is 2.40. The summed E-state index contributed by atoms with van der Waals surface area (Å²) in [6.07, 6.45) is 4.58. The zero-order valence-corrected chi connectivity index (χ0v) is 11.4. The van der Waals surface area contributed by atoms with E-state index in [4.69, 9.17) is 10.6 Å². The summed E-state index contributed by atoms with van der Waals surface area (Å²) < 4.78 is 7.72. The molecule has 0 spiro atoms. The van der Waals surface area contributed by atoms with Crippen molar-refractivity contribution >= 4 is 0 Å². The van der Waals surface area contributed by atoms with Crippen LogP contribution in [0.15, 0.2) is 6.07 Å². The van der Waals surface area contributed by atoms with Crippen molar-refractivity contribution in [3.8, 4) is 0 Å². The first-order valence-electron chi connectivity index (χ1n) is 6.84. The van der Waals surface area contributed by atoms with Crippen LogP contribution in [0.3, 0.4) is 0 Å². The van der Waals surface area contributed by atoms with Crippen molar-refractivity contribution in [2.75, 3.05) is 6.61 Å². The number of aryl methyl sites for hydroxylation is 2. The highest BCUT2D eigenvalue weighted by Gasteiger charge is 2.21. The zero-order valence-electron chi connectivity index (χ0n) is 11.4. The number of ether oxygens (including phenoxy) is 1. The third-order valence-electron chi connectivity index (χ3n) is 3.55. The maximum absolute atomic E-state index is 5.67. The summed E-state index contributed by atoms with van der Waals surface area (Å²) in [7, 11) is 0. The second-order valence-corrected chi connectivity index (χ2v) is 5.03. The topological polar surface area (TPSA) is 65.1 Å². The van der Waals surface area contributed by atoms with Gasteiger partial charge in [-0.2, -0.15) is 5.10 Å². The Labute approximate surface area is 109 Å². The van der Waals surface area contributed by atoms with E-state index < -0.39 is 0 Å². The number of aromatic nitrogens is 2. The molecule has 5 nitrogen and oxygen atoms in total. The quantitative estimate of drug-likeness (QED) is 0.589. The highest BCUT2D eigenvalue weighted by atomic mass is 16.5. The summed E-state index contributed by atoms with van der Waals surface area (Å²) in [5.74, 6) is 5.66. The summed E-state index contributed by atoms with van der Waals surface area (Å²) in [6.45, 7) is 5.94. The first-order valence-corrected chi connectivity index (χ1v) is 6.84. The molecule has 2 unspecified atom stereocenters. The van der Waals surface area contributed by atoms with Crippen molar-refractivity contribution < 1.29 is 4.74 Å². The van der Waals surface area contributed by atoms with Gasteiger partial charge < -0.3 is 4.74 Å². The van der Waals surface area contributed by atoms with Crippen molar-refractivity contribution in [2.24, 2.45) is 5.84 Å². The summed E-state index contributed by atoms with van der Waals surface area (Å²) in [5.41, 5.74) is 5.23. The average molecular weight is 252 g/mol. The van der Waals surface area contributed by atoms with Gasteiger partial charge in [-0.25, -0.2) is 0 Å². The third kappa shape index (κ3) is 3.31. The Balaban J connectivity index is 1.95. The normalized spacial score (nSPS) is 21.4. The van der Waals surface area contributed by atoms with Crippen LogP contribution in [0.1, 0.15) is 37.6 Å². The van der Waals surface area contributed by atoms with E-state index in [2.05, 4.69) is 28.2 Å². The van der Waals surface area contributed by atoms with Crippen LogP contribution in [0, 0.1) is 6.92 Å². The van der Waals surface area contributed by atoms with E-state index in [1.807, 2.05) is 6.92 Å². The molecule has 0 radical (unpaired) electrons. The van der Waals surface area contributed by atoms with Gasteiger partial charge in [0.1, 0.15) is 0 Å². The zero-order chi connectivity index (χ0) is 13.0. The van der Waals surface area contributed by atoms with Gasteiger partial charge in [0.05, 0.1) is 11.8 Å². The van der Waals surface area contributed by atoms with Crippen molar-refractivity contribution in [1.29, 1.82) is 0 Å². The van der Waals surface area contributed by atoms with Crippen molar-refractivity contribution in [2.45, 2.75) is 58.2 Å². The van der Waals surface area contributed by atoms with Crippen LogP contribution in [0.5, 0.6) is 0 Å². The Bertz CT molecular complexity index is 371. The van der Waals surface area contributed by atoms with Crippen LogP contribution >= 0.6 is 0 Å². The molecule has 18 heavy (non-hydrogen) atoms. The minimum Gasteiger partial charge on any atom is -0.378 e. The molecule has 102 valence electrons. The molecule has 1 saturated heterocycles. The van der Waals surface area contributed by atoms with Gasteiger partial charge in [-0.1, -0.05) is 0 Å². The molecular weight excluding hydrogens is 228 g/mol. The van der Waals surface area contributed by atoms with E-state index in [1.54, 1.807) is 0 Å². The maximum Gasteiger partial charge on any atom is 0.0596 e. The van der Waals surface area contributed by atoms with E-state index in [0.29, 0.717) is 6.10 Å². The molecule has 2 heterocycles. The molecular formula is C13H24N4O. The smallest absolute Gasteiger partial charge is 0.0596 e. The van der Waals surface area contributed by atoms with Gasteiger partial charge >= 0.3 is 0 Å². The standard InChI is InChI=1S/C13H24N4O/c1-3-17-12(7-10(2)16-17)8-11(15-14)9-13-5-4-6-18-13/h7,11,13,15H,3-6,8-9,14H2,1-2H3. The molecule has 0 amide bonds. The Hall–Kier alpha value is -0.910. The van der Waals surface area contributed by atoms with Gasteiger partial charge in [-0.3, -0.25) is 16.0 Å². The number of nitrogens with one attached hydrogen (secondary N) is 1. The minimum absolute atomic E-state index is 0.259. The van der Waals surface area contributed by atoms with Crippen LogP contribution in [0.4, 0.5) is 0 Å². The van der Waals surface area contributed by atoms with Crippen LogP contribution in [-0.4, -0.2) is 28.5 Å². The number of rotatable bonds is 6. The summed E-state index contributed by atoms with van der Waals surface area (Å²) in [5, 5.41) is 4.47. The number of hydrogen-bond donors (Lipinski definition) is 2. The molecule has 1 aromatic rings. The van der Waals surface area contributed by atoms with Gasteiger partial charge in [0.15, 0.2) is 0 Å². The highest BCUT2D eigenvalue weighted by Crippen LogP contribution is 2.18. The van der Waals surface area contributed by atoms with Crippen molar-refractivity contribution in [1.82, 2.24) is 15.2 Å². The Kier molecular flexibility index (Phi) is 4.74. The van der Waals surface area contributed by atoms with E-state index in [0.717, 1.165) is 38.1 Å². The van der Waals surface area contributed by atoms with Gasteiger partial charge in [-0.05, 0) is 39.2 Å². The van der Waals surface area contributed by atoms with Crippen LogP contribution < -0.4 is 11.3 Å². The second-order valence-electron chi connectivity index (χ2n) is 5.03. The number of hydrogen-bond acceptors (Lipinski definition) is 4. The lowest BCUT2D eigenvalue weighted by molar-refractivity contribution is 0.0944. The predicted molar refractivity (Wildman–Crippen MR) is 71.0 cm³/mol. The molecule has 1 fully saturated rings. The first-order chi connectivity index (χ1) is 8.72. The fraction of sp³-hybridized carbons (Fsp3) is 0.769. The van der Waals surface area contributed by atoms with Gasteiger partial charge in [0.2, 0.25) is 0 Å². The predicted octanol–water partition coefficient (Wildman–Crippen LogP) is 1.15. The fourth-order valence-corrected chi connectivity index (χ4v) is 2.65. The minimum atomic E-state index is 0.259. The molecule has 1 aliphatic rings. The lowest BCUT2D eigenvalue weighted by atomic mass is 10.0. The number of nitrogens with two attached hydrogens (primary N) is 1. The molecule has 1 aromatic heterocycles. The van der Waals surface area contributed by atoms with E-state index >= 15 is 0 Å². The highest BCUT2D eigenvalue weighted by molar-refractivity contribution is 5.10. The molecule has 1 aliphatic heterocycles. The largest absolute Gasteiger partial charge is 0.378 e. The molecule has 0 aromatic carbocycles. The Morgan fingerprint density at radius 1 is 1.67 bits per heavy atom. The lowest BCUT2D eigenvalue weighted by Gasteiger charge is -2.19. The molecule has 5 heteroatoms. The molecule has 0 aliphatic carbocycles. The van der Waals surface area contributed by atoms with E-state index in [1.165, 1.54) is 12.1 Å². The molecule has 2 atom stereocenters. The SMILES string of the molecule is CCn1nc(C)cc1CC(CC1CCCO1)NN. The molecule has 0 saturated carbocycles. The fourth-order valence-electron chi connectivity index (χ4n) is 2.65. The number of nitrogens with zero attached hydrogens (tertiary/aromatic N) is 2. The Morgan fingerprint density at radius 3 is 3.11 bits per heavy atom.